The molecule has 1 aliphatic heterocycles. The van der Waals surface area contributed by atoms with E-state index in [0.717, 1.165) is 19.3 Å². The zero-order chi connectivity index (χ0) is 24.9. The second kappa shape index (κ2) is 10.4. The van der Waals surface area contributed by atoms with E-state index < -0.39 is 27.6 Å². The van der Waals surface area contributed by atoms with E-state index in [9.17, 15) is 18.0 Å². The maximum atomic E-state index is 13.0. The van der Waals surface area contributed by atoms with Crippen LogP contribution in [0.2, 0.25) is 0 Å². The zero-order valence-corrected chi connectivity index (χ0v) is 20.7. The number of ether oxygens (including phenoxy) is 2. The third-order valence-corrected chi connectivity index (χ3v) is 7.04. The van der Waals surface area contributed by atoms with Gasteiger partial charge >= 0.3 is 6.09 Å². The van der Waals surface area contributed by atoms with Crippen LogP contribution in [-0.4, -0.2) is 50.5 Å². The number of anilines is 2. The fourth-order valence-corrected chi connectivity index (χ4v) is 5.12. The molecule has 9 nitrogen and oxygen atoms in total. The summed E-state index contributed by atoms with van der Waals surface area (Å²) >= 11 is 0. The number of nitrogens with one attached hydrogen (secondary N) is 2. The lowest BCUT2D eigenvalue weighted by Gasteiger charge is -2.26. The molecule has 34 heavy (non-hydrogen) atoms. The molecule has 0 aromatic heterocycles. The van der Waals surface area contributed by atoms with Crippen molar-refractivity contribution in [2.45, 2.75) is 50.5 Å². The second-order valence-electron chi connectivity index (χ2n) is 8.99. The Hall–Kier alpha value is -3.11. The maximum Gasteiger partial charge on any atom is 0.412 e. The number of carbonyl (C=O) groups excluding carboxylic acids is 2. The Bertz CT molecular complexity index is 1150. The van der Waals surface area contributed by atoms with Crippen LogP contribution in [0.5, 0.6) is 5.75 Å². The monoisotopic (exact) mass is 489 g/mol. The Labute approximate surface area is 200 Å². The average Bonchev–Trinajstić information content (AvgIpc) is 2.78. The molecule has 0 unspecified atom stereocenters. The summed E-state index contributed by atoms with van der Waals surface area (Å²) in [6, 6.07) is 10.7. The topological polar surface area (TPSA) is 114 Å². The molecule has 2 N–H and O–H groups in total. The summed E-state index contributed by atoms with van der Waals surface area (Å²) in [4.78, 5) is 25.1. The van der Waals surface area contributed by atoms with Crippen LogP contribution in [0.15, 0.2) is 47.4 Å². The normalized spacial score (nSPS) is 14.8. The second-order valence-corrected chi connectivity index (χ2v) is 10.9. The van der Waals surface area contributed by atoms with Gasteiger partial charge in [0.15, 0.2) is 0 Å². The number of rotatable bonds is 6. The third-order valence-electron chi connectivity index (χ3n) is 5.14. The molecular weight excluding hydrogens is 458 g/mol. The predicted octanol–water partition coefficient (Wildman–Crippen LogP) is 4.47. The van der Waals surface area contributed by atoms with Gasteiger partial charge in [-0.2, -0.15) is 4.31 Å². The summed E-state index contributed by atoms with van der Waals surface area (Å²) in [7, 11) is -2.20. The van der Waals surface area contributed by atoms with Crippen molar-refractivity contribution in [2.24, 2.45) is 0 Å². The Kier molecular flexibility index (Phi) is 7.83. The smallest absolute Gasteiger partial charge is 0.412 e. The van der Waals surface area contributed by atoms with Crippen molar-refractivity contribution in [2.75, 3.05) is 30.8 Å². The highest BCUT2D eigenvalue weighted by Gasteiger charge is 2.26. The van der Waals surface area contributed by atoms with E-state index in [-0.39, 0.29) is 10.5 Å². The first-order valence-electron chi connectivity index (χ1n) is 11.1. The van der Waals surface area contributed by atoms with Gasteiger partial charge in [0.05, 0.1) is 17.7 Å². The van der Waals surface area contributed by atoms with E-state index in [1.54, 1.807) is 45.0 Å². The number of sulfonamides is 1. The summed E-state index contributed by atoms with van der Waals surface area (Å²) in [5.41, 5.74) is 0.232. The lowest BCUT2D eigenvalue weighted by molar-refractivity contribution is 0.0635. The molecule has 2 aromatic rings. The largest absolute Gasteiger partial charge is 0.495 e. The highest BCUT2D eigenvalue weighted by Crippen LogP contribution is 2.29. The molecule has 0 spiro atoms. The number of amides is 2. The molecule has 0 atom stereocenters. The number of nitrogens with zero attached hydrogens (tertiary/aromatic N) is 1. The molecule has 1 saturated heterocycles. The van der Waals surface area contributed by atoms with Gasteiger partial charge < -0.3 is 14.8 Å². The van der Waals surface area contributed by atoms with Crippen LogP contribution in [0.4, 0.5) is 16.2 Å². The summed E-state index contributed by atoms with van der Waals surface area (Å²) in [5.74, 6) is -0.0949. The number of methoxy groups -OCH3 is 1. The summed E-state index contributed by atoms with van der Waals surface area (Å²) in [5, 5.41) is 5.35. The van der Waals surface area contributed by atoms with Crippen LogP contribution in [0.25, 0.3) is 0 Å². The van der Waals surface area contributed by atoms with Crippen molar-refractivity contribution in [3.8, 4) is 5.75 Å². The van der Waals surface area contributed by atoms with Crippen LogP contribution >= 0.6 is 0 Å². The van der Waals surface area contributed by atoms with Crippen LogP contribution in [0.3, 0.4) is 0 Å². The molecule has 184 valence electrons. The molecule has 1 heterocycles. The van der Waals surface area contributed by atoms with Crippen molar-refractivity contribution in [3.63, 3.8) is 0 Å². The quantitative estimate of drug-likeness (QED) is 0.619. The third kappa shape index (κ3) is 6.48. The highest BCUT2D eigenvalue weighted by molar-refractivity contribution is 7.89. The Morgan fingerprint density at radius 2 is 1.68 bits per heavy atom. The zero-order valence-electron chi connectivity index (χ0n) is 19.9. The number of carbonyl (C=O) groups is 2. The molecule has 3 rings (SSSR count). The van der Waals surface area contributed by atoms with Crippen LogP contribution < -0.4 is 15.4 Å². The van der Waals surface area contributed by atoms with Crippen LogP contribution in [0, 0.1) is 0 Å². The fourth-order valence-electron chi connectivity index (χ4n) is 3.55. The number of benzene rings is 2. The molecule has 2 aromatic carbocycles. The molecule has 1 aliphatic rings. The van der Waals surface area contributed by atoms with Gasteiger partial charge in [0.1, 0.15) is 11.4 Å². The highest BCUT2D eigenvalue weighted by atomic mass is 32.2. The molecule has 0 radical (unpaired) electrons. The first-order valence-corrected chi connectivity index (χ1v) is 12.5. The van der Waals surface area contributed by atoms with Gasteiger partial charge in [0.2, 0.25) is 10.0 Å². The number of hydrogen-bond donors (Lipinski definition) is 2. The van der Waals surface area contributed by atoms with Gasteiger partial charge in [-0.05, 0) is 70.0 Å². The van der Waals surface area contributed by atoms with E-state index in [4.69, 9.17) is 9.47 Å². The van der Waals surface area contributed by atoms with Gasteiger partial charge in [0, 0.05) is 24.3 Å². The predicted molar refractivity (Wildman–Crippen MR) is 130 cm³/mol. The SMILES string of the molecule is COc1ccc(NC(=O)c2cccc(S(=O)(=O)N3CCCCC3)c2)cc1NC(=O)OC(C)(C)C. The molecule has 1 fully saturated rings. The minimum Gasteiger partial charge on any atom is -0.495 e. The van der Waals surface area contributed by atoms with Crippen molar-refractivity contribution in [1.82, 2.24) is 4.31 Å². The average molecular weight is 490 g/mol. The van der Waals surface area contributed by atoms with E-state index in [2.05, 4.69) is 10.6 Å². The fraction of sp³-hybridized carbons (Fsp3) is 0.417. The Balaban J connectivity index is 1.78. The van der Waals surface area contributed by atoms with Crippen molar-refractivity contribution < 1.29 is 27.5 Å². The van der Waals surface area contributed by atoms with Gasteiger partial charge in [-0.1, -0.05) is 12.5 Å². The van der Waals surface area contributed by atoms with Crippen LogP contribution in [0.1, 0.15) is 50.4 Å². The van der Waals surface area contributed by atoms with Crippen molar-refractivity contribution in [3.05, 3.63) is 48.0 Å². The standard InChI is InChI=1S/C24H31N3O6S/c1-24(2,3)33-23(29)26-20-16-18(11-12-21(20)32-4)25-22(28)17-9-8-10-19(15-17)34(30,31)27-13-6-5-7-14-27/h8-12,15-16H,5-7,13-14H2,1-4H3,(H,25,28)(H,26,29). The molecular formula is C24H31N3O6S. The van der Waals surface area contributed by atoms with Gasteiger partial charge in [-0.3, -0.25) is 10.1 Å². The lowest BCUT2D eigenvalue weighted by atomic mass is 10.2. The molecule has 0 aliphatic carbocycles. The minimum atomic E-state index is -3.66. The van der Waals surface area contributed by atoms with Gasteiger partial charge in [0.25, 0.3) is 5.91 Å². The van der Waals surface area contributed by atoms with E-state index >= 15 is 0 Å². The molecule has 0 bridgehead atoms. The summed E-state index contributed by atoms with van der Waals surface area (Å²) in [6.07, 6.45) is 2.01. The first-order chi connectivity index (χ1) is 16.0. The first kappa shape index (κ1) is 25.5. The van der Waals surface area contributed by atoms with Gasteiger partial charge in [-0.25, -0.2) is 13.2 Å². The number of hydrogen-bond acceptors (Lipinski definition) is 6. The van der Waals surface area contributed by atoms with E-state index in [0.29, 0.717) is 30.2 Å². The number of piperidine rings is 1. The maximum absolute atomic E-state index is 13.0. The van der Waals surface area contributed by atoms with E-state index in [1.807, 2.05) is 0 Å². The minimum absolute atomic E-state index is 0.0871. The Morgan fingerprint density at radius 1 is 0.971 bits per heavy atom. The molecule has 10 heteroatoms. The van der Waals surface area contributed by atoms with Crippen LogP contribution in [-0.2, 0) is 14.8 Å². The molecule has 2 amide bonds. The van der Waals surface area contributed by atoms with Crippen molar-refractivity contribution in [1.29, 1.82) is 0 Å². The van der Waals surface area contributed by atoms with Crippen molar-refractivity contribution >= 4 is 33.4 Å². The lowest BCUT2D eigenvalue weighted by Crippen LogP contribution is -2.35. The van der Waals surface area contributed by atoms with Gasteiger partial charge in [-0.15, -0.1) is 0 Å². The Morgan fingerprint density at radius 3 is 2.32 bits per heavy atom. The van der Waals surface area contributed by atoms with E-state index in [1.165, 1.54) is 29.6 Å². The summed E-state index contributed by atoms with van der Waals surface area (Å²) < 4.78 is 37.9. The summed E-state index contributed by atoms with van der Waals surface area (Å²) in [6.45, 7) is 6.22. The molecule has 0 saturated carbocycles.